The van der Waals surface area contributed by atoms with Gasteiger partial charge in [0.1, 0.15) is 5.82 Å². The molecule has 0 radical (unpaired) electrons. The number of para-hydroxylation sites is 1. The molecule has 188 valence electrons. The van der Waals surface area contributed by atoms with E-state index in [9.17, 15) is 14.9 Å². The van der Waals surface area contributed by atoms with E-state index in [0.717, 1.165) is 18.4 Å². The molecule has 0 spiro atoms. The zero-order chi connectivity index (χ0) is 26.2. The Morgan fingerprint density at radius 2 is 1.81 bits per heavy atom. The molecular weight excluding hydrogens is 462 g/mol. The number of hydrogen-bond donors (Lipinski definition) is 1. The number of hydrogen-bond acceptors (Lipinski definition) is 4. The summed E-state index contributed by atoms with van der Waals surface area (Å²) in [6.07, 6.45) is 2.29. The van der Waals surface area contributed by atoms with E-state index in [1.807, 2.05) is 55.5 Å². The van der Waals surface area contributed by atoms with Gasteiger partial charge in [-0.3, -0.25) is 9.36 Å². The fraction of sp³-hybridized carbons (Fsp3) is 0.267. The second kappa shape index (κ2) is 12.0. The van der Waals surface area contributed by atoms with Crippen LogP contribution in [0, 0.1) is 11.3 Å². The number of aromatic nitrogens is 2. The number of carbonyl (C=O) groups is 1. The van der Waals surface area contributed by atoms with E-state index in [1.54, 1.807) is 39.8 Å². The Morgan fingerprint density at radius 1 is 1.05 bits per heavy atom. The lowest BCUT2D eigenvalue weighted by Gasteiger charge is -2.32. The van der Waals surface area contributed by atoms with Gasteiger partial charge in [0.2, 0.25) is 0 Å². The van der Waals surface area contributed by atoms with Crippen LogP contribution in [0.1, 0.15) is 56.1 Å². The van der Waals surface area contributed by atoms with Gasteiger partial charge in [-0.25, -0.2) is 9.78 Å². The van der Waals surface area contributed by atoms with E-state index >= 15 is 0 Å². The summed E-state index contributed by atoms with van der Waals surface area (Å²) in [6, 6.07) is 25.4. The van der Waals surface area contributed by atoms with Crippen molar-refractivity contribution in [3.05, 3.63) is 106 Å². The fourth-order valence-corrected chi connectivity index (χ4v) is 4.49. The lowest BCUT2D eigenvalue weighted by atomic mass is 10.1. The Labute approximate surface area is 217 Å². The predicted octanol–water partition coefficient (Wildman–Crippen LogP) is 6.10. The number of amides is 2. The van der Waals surface area contributed by atoms with E-state index in [4.69, 9.17) is 4.98 Å². The second-order valence-corrected chi connectivity index (χ2v) is 8.96. The maximum Gasteiger partial charge on any atom is 0.322 e. The first-order chi connectivity index (χ1) is 18.0. The Morgan fingerprint density at radius 3 is 2.54 bits per heavy atom. The molecule has 37 heavy (non-hydrogen) atoms. The average molecular weight is 494 g/mol. The van der Waals surface area contributed by atoms with Crippen LogP contribution in [0.15, 0.2) is 83.7 Å². The number of unbranched alkanes of at least 4 members (excludes halogenated alkanes) is 1. The Hall–Kier alpha value is -4.44. The summed E-state index contributed by atoms with van der Waals surface area (Å²) < 4.78 is 1.70. The summed E-state index contributed by atoms with van der Waals surface area (Å²) in [4.78, 5) is 34.1. The highest BCUT2D eigenvalue weighted by molar-refractivity contribution is 5.90. The van der Waals surface area contributed by atoms with Gasteiger partial charge in [-0.1, -0.05) is 68.8 Å². The molecule has 7 heteroatoms. The van der Waals surface area contributed by atoms with Gasteiger partial charge in [-0.15, -0.1) is 0 Å². The summed E-state index contributed by atoms with van der Waals surface area (Å²) in [6.45, 7) is 4.94. The van der Waals surface area contributed by atoms with Crippen molar-refractivity contribution < 1.29 is 4.79 Å². The van der Waals surface area contributed by atoms with Crippen LogP contribution in [0.25, 0.3) is 10.9 Å². The molecule has 4 aromatic rings. The number of fused-ring (bicyclic) bond motifs is 1. The average Bonchev–Trinajstić information content (AvgIpc) is 2.93. The van der Waals surface area contributed by atoms with Crippen LogP contribution in [0.5, 0.6) is 0 Å². The summed E-state index contributed by atoms with van der Waals surface area (Å²) in [5.41, 5.74) is 2.49. The molecule has 1 unspecified atom stereocenters. The Bertz CT molecular complexity index is 1470. The summed E-state index contributed by atoms with van der Waals surface area (Å²) in [5.74, 6) is 0.562. The number of carbonyl (C=O) groups excluding carboxylic acids is 1. The zero-order valence-electron chi connectivity index (χ0n) is 21.2. The molecule has 0 bridgehead atoms. The minimum atomic E-state index is -0.424. The summed E-state index contributed by atoms with van der Waals surface area (Å²) in [5, 5.41) is 12.7. The number of nitrogens with one attached hydrogen (secondary N) is 1. The number of urea groups is 1. The molecule has 7 nitrogen and oxygen atoms in total. The molecule has 2 amide bonds. The van der Waals surface area contributed by atoms with Crippen LogP contribution < -0.4 is 10.9 Å². The van der Waals surface area contributed by atoms with E-state index < -0.39 is 6.04 Å². The topological polar surface area (TPSA) is 91.0 Å². The van der Waals surface area contributed by atoms with Crippen molar-refractivity contribution in [2.24, 2.45) is 0 Å². The molecular formula is C30H31N5O2. The SMILES string of the molecule is CCCCN(C(=O)Nc1cccc(C#N)c1)C(CC)c1nc2ccccc2c(=O)n1Cc1ccccc1. The normalized spacial score (nSPS) is 11.6. The van der Waals surface area contributed by atoms with Gasteiger partial charge in [0.25, 0.3) is 5.56 Å². The van der Waals surface area contributed by atoms with E-state index in [1.165, 1.54) is 0 Å². The van der Waals surface area contributed by atoms with Gasteiger partial charge in [0.15, 0.2) is 0 Å². The Kier molecular flexibility index (Phi) is 8.32. The second-order valence-electron chi connectivity index (χ2n) is 8.96. The van der Waals surface area contributed by atoms with Gasteiger partial charge in [-0.05, 0) is 48.7 Å². The first-order valence-corrected chi connectivity index (χ1v) is 12.7. The van der Waals surface area contributed by atoms with Crippen LogP contribution in [0.4, 0.5) is 10.5 Å². The maximum absolute atomic E-state index is 13.7. The van der Waals surface area contributed by atoms with Crippen molar-refractivity contribution in [2.75, 3.05) is 11.9 Å². The van der Waals surface area contributed by atoms with E-state index in [2.05, 4.69) is 18.3 Å². The minimum Gasteiger partial charge on any atom is -0.314 e. The maximum atomic E-state index is 13.7. The molecule has 1 heterocycles. The van der Waals surface area contributed by atoms with Crippen molar-refractivity contribution in [1.82, 2.24) is 14.5 Å². The molecule has 0 aliphatic carbocycles. The lowest BCUT2D eigenvalue weighted by molar-refractivity contribution is 0.179. The molecule has 1 atom stereocenters. The minimum absolute atomic E-state index is 0.125. The van der Waals surface area contributed by atoms with E-state index in [0.29, 0.717) is 47.5 Å². The zero-order valence-corrected chi connectivity index (χ0v) is 21.2. The number of benzene rings is 3. The molecule has 3 aromatic carbocycles. The number of nitriles is 1. The molecule has 1 aromatic heterocycles. The quantitative estimate of drug-likeness (QED) is 0.305. The van der Waals surface area contributed by atoms with Crippen molar-refractivity contribution in [1.29, 1.82) is 5.26 Å². The van der Waals surface area contributed by atoms with Crippen molar-refractivity contribution in [3.63, 3.8) is 0 Å². The van der Waals surface area contributed by atoms with Crippen LogP contribution in [-0.4, -0.2) is 27.0 Å². The summed E-state index contributed by atoms with van der Waals surface area (Å²) in [7, 11) is 0. The van der Waals surface area contributed by atoms with Gasteiger partial charge in [0.05, 0.1) is 35.1 Å². The fourth-order valence-electron chi connectivity index (χ4n) is 4.49. The highest BCUT2D eigenvalue weighted by Crippen LogP contribution is 2.26. The smallest absolute Gasteiger partial charge is 0.314 e. The molecule has 0 aliphatic heterocycles. The highest BCUT2D eigenvalue weighted by atomic mass is 16.2. The van der Waals surface area contributed by atoms with Crippen LogP contribution in [0.3, 0.4) is 0 Å². The molecule has 0 fully saturated rings. The first-order valence-electron chi connectivity index (χ1n) is 12.7. The first kappa shape index (κ1) is 25.6. The van der Waals surface area contributed by atoms with Crippen molar-refractivity contribution in [2.45, 2.75) is 45.7 Å². The van der Waals surface area contributed by atoms with E-state index in [-0.39, 0.29) is 11.6 Å². The van der Waals surface area contributed by atoms with Crippen molar-refractivity contribution in [3.8, 4) is 6.07 Å². The largest absolute Gasteiger partial charge is 0.322 e. The molecule has 4 rings (SSSR count). The van der Waals surface area contributed by atoms with Gasteiger partial charge < -0.3 is 10.2 Å². The number of anilines is 1. The third kappa shape index (κ3) is 5.87. The third-order valence-corrected chi connectivity index (χ3v) is 6.39. The molecule has 1 N–H and O–H groups in total. The van der Waals surface area contributed by atoms with Crippen LogP contribution >= 0.6 is 0 Å². The predicted molar refractivity (Wildman–Crippen MR) is 146 cm³/mol. The third-order valence-electron chi connectivity index (χ3n) is 6.39. The van der Waals surface area contributed by atoms with Gasteiger partial charge in [-0.2, -0.15) is 5.26 Å². The molecule has 0 saturated carbocycles. The molecule has 0 aliphatic rings. The van der Waals surface area contributed by atoms with Gasteiger partial charge >= 0.3 is 6.03 Å². The molecule has 0 saturated heterocycles. The summed E-state index contributed by atoms with van der Waals surface area (Å²) >= 11 is 0. The Balaban J connectivity index is 1.80. The van der Waals surface area contributed by atoms with Crippen molar-refractivity contribution >= 4 is 22.6 Å². The van der Waals surface area contributed by atoms with Gasteiger partial charge in [0, 0.05) is 12.2 Å². The monoisotopic (exact) mass is 493 g/mol. The standard InChI is InChI=1S/C30H31N5O2/c1-3-5-18-34(30(37)32-24-15-11-14-23(19-24)20-31)27(4-2)28-33-26-17-10-9-16-25(26)29(36)35(28)21-22-12-7-6-8-13-22/h6-17,19,27H,3-5,18,21H2,1-2H3,(H,32,37). The van der Waals surface area contributed by atoms with Crippen LogP contribution in [-0.2, 0) is 6.54 Å². The highest BCUT2D eigenvalue weighted by Gasteiger charge is 2.28. The number of nitrogens with zero attached hydrogens (tertiary/aromatic N) is 4. The number of rotatable bonds is 9. The lowest BCUT2D eigenvalue weighted by Crippen LogP contribution is -2.41. The van der Waals surface area contributed by atoms with Crippen LogP contribution in [0.2, 0.25) is 0 Å².